The van der Waals surface area contributed by atoms with Crippen LogP contribution in [0, 0.1) is 0 Å². The first-order valence-electron chi connectivity index (χ1n) is 5.86. The van der Waals surface area contributed by atoms with Crippen LogP contribution in [0.3, 0.4) is 0 Å². The van der Waals surface area contributed by atoms with Crippen molar-refractivity contribution in [3.63, 3.8) is 0 Å². The fourth-order valence-corrected chi connectivity index (χ4v) is 1.89. The molecule has 1 rings (SSSR count). The van der Waals surface area contributed by atoms with Gasteiger partial charge in [0.2, 0.25) is 0 Å². The number of ether oxygens (including phenoxy) is 2. The van der Waals surface area contributed by atoms with Crippen molar-refractivity contribution in [2.75, 3.05) is 20.7 Å². The third-order valence-electron chi connectivity index (χ3n) is 2.40. The van der Waals surface area contributed by atoms with Crippen LogP contribution in [0.25, 0.3) is 0 Å². The minimum Gasteiger partial charge on any atom is -0.493 e. The van der Waals surface area contributed by atoms with Gasteiger partial charge in [0.25, 0.3) is 0 Å². The number of hydrogen-bond acceptors (Lipinski definition) is 4. The Morgan fingerprint density at radius 2 is 2.00 bits per heavy atom. The first-order valence-corrected chi connectivity index (χ1v) is 6.24. The number of rotatable bonds is 6. The summed E-state index contributed by atoms with van der Waals surface area (Å²) in [6.07, 6.45) is -0.655. The van der Waals surface area contributed by atoms with E-state index < -0.39 is 6.10 Å². The molecule has 0 aliphatic rings. The summed E-state index contributed by atoms with van der Waals surface area (Å²) in [7, 11) is 3.33. The average Bonchev–Trinajstić information content (AvgIpc) is 2.30. The van der Waals surface area contributed by atoms with E-state index in [0.717, 1.165) is 0 Å². The quantitative estimate of drug-likeness (QED) is 0.836. The number of hydrogen-bond donors (Lipinski definition) is 2. The summed E-state index contributed by atoms with van der Waals surface area (Å²) >= 11 is 6.12. The van der Waals surface area contributed by atoms with Gasteiger partial charge in [-0.15, -0.1) is 0 Å². The van der Waals surface area contributed by atoms with Crippen LogP contribution in [-0.2, 0) is 0 Å². The molecule has 0 saturated heterocycles. The van der Waals surface area contributed by atoms with Crippen LogP contribution in [0.1, 0.15) is 25.5 Å². The van der Waals surface area contributed by atoms with Gasteiger partial charge in [-0.25, -0.2) is 0 Å². The smallest absolute Gasteiger partial charge is 0.162 e. The van der Waals surface area contributed by atoms with Crippen molar-refractivity contribution in [3.05, 3.63) is 22.7 Å². The summed E-state index contributed by atoms with van der Waals surface area (Å²) in [5.74, 6) is 1.15. The highest BCUT2D eigenvalue weighted by Gasteiger charge is 2.16. The molecular formula is C13H20ClNO3. The Hall–Kier alpha value is -0.970. The van der Waals surface area contributed by atoms with Gasteiger partial charge >= 0.3 is 0 Å². The lowest BCUT2D eigenvalue weighted by Gasteiger charge is -2.18. The molecule has 5 heteroatoms. The summed E-state index contributed by atoms with van der Waals surface area (Å²) < 4.78 is 10.9. The average molecular weight is 274 g/mol. The molecule has 0 bridgehead atoms. The zero-order valence-corrected chi connectivity index (χ0v) is 11.9. The van der Waals surface area contributed by atoms with Crippen LogP contribution in [0.5, 0.6) is 11.5 Å². The van der Waals surface area contributed by atoms with E-state index in [1.807, 2.05) is 13.8 Å². The van der Waals surface area contributed by atoms with Crippen molar-refractivity contribution >= 4 is 11.6 Å². The molecule has 1 aromatic carbocycles. The summed E-state index contributed by atoms with van der Waals surface area (Å²) in [5.41, 5.74) is 0.627. The highest BCUT2D eigenvalue weighted by molar-refractivity contribution is 6.31. The van der Waals surface area contributed by atoms with Gasteiger partial charge in [0.05, 0.1) is 24.3 Å². The molecule has 1 atom stereocenters. The highest BCUT2D eigenvalue weighted by Crippen LogP contribution is 2.36. The first kappa shape index (κ1) is 15.1. The maximum atomic E-state index is 9.98. The zero-order chi connectivity index (χ0) is 13.7. The largest absolute Gasteiger partial charge is 0.493 e. The summed E-state index contributed by atoms with van der Waals surface area (Å²) in [5, 5.41) is 13.3. The van der Waals surface area contributed by atoms with Gasteiger partial charge in [-0.2, -0.15) is 0 Å². The van der Waals surface area contributed by atoms with Crippen molar-refractivity contribution in [1.82, 2.24) is 5.32 Å². The summed E-state index contributed by atoms with van der Waals surface area (Å²) in [6, 6.07) is 3.39. The Balaban J connectivity index is 3.12. The molecule has 1 unspecified atom stereocenters. The lowest BCUT2D eigenvalue weighted by Crippen LogP contribution is -2.17. The van der Waals surface area contributed by atoms with Crippen molar-refractivity contribution in [1.29, 1.82) is 0 Å². The SMILES string of the molecule is CNCC(O)c1cc(OC(C)C)c(OC)cc1Cl. The Kier molecular flexibility index (Phi) is 5.72. The number of nitrogens with one attached hydrogen (secondary N) is 1. The van der Waals surface area contributed by atoms with Crippen LogP contribution in [0.15, 0.2) is 12.1 Å². The molecule has 1 aromatic rings. The number of aliphatic hydroxyl groups excluding tert-OH is 1. The van der Waals surface area contributed by atoms with Crippen molar-refractivity contribution in [3.8, 4) is 11.5 Å². The second-order valence-corrected chi connectivity index (χ2v) is 4.67. The molecule has 4 nitrogen and oxygen atoms in total. The fraction of sp³-hybridized carbons (Fsp3) is 0.538. The van der Waals surface area contributed by atoms with Gasteiger partial charge < -0.3 is 19.9 Å². The lowest BCUT2D eigenvalue weighted by molar-refractivity contribution is 0.176. The van der Waals surface area contributed by atoms with Crippen molar-refractivity contribution in [2.45, 2.75) is 26.1 Å². The first-order chi connectivity index (χ1) is 8.49. The Morgan fingerprint density at radius 3 is 2.50 bits per heavy atom. The van der Waals surface area contributed by atoms with Gasteiger partial charge in [0.1, 0.15) is 0 Å². The van der Waals surface area contributed by atoms with Crippen LogP contribution in [-0.4, -0.2) is 31.9 Å². The summed E-state index contributed by atoms with van der Waals surface area (Å²) in [6.45, 7) is 4.28. The summed E-state index contributed by atoms with van der Waals surface area (Å²) in [4.78, 5) is 0. The number of halogens is 1. The molecule has 102 valence electrons. The van der Waals surface area contributed by atoms with E-state index in [-0.39, 0.29) is 6.10 Å². The van der Waals surface area contributed by atoms with E-state index in [4.69, 9.17) is 21.1 Å². The molecule has 0 aliphatic heterocycles. The van der Waals surface area contributed by atoms with E-state index in [2.05, 4.69) is 5.32 Å². The van der Waals surface area contributed by atoms with E-state index in [1.54, 1.807) is 26.3 Å². The maximum absolute atomic E-state index is 9.98. The van der Waals surface area contributed by atoms with Crippen LogP contribution in [0.4, 0.5) is 0 Å². The monoisotopic (exact) mass is 273 g/mol. The predicted octanol–water partition coefficient (Wildman–Crippen LogP) is 2.39. The Labute approximate surface area is 113 Å². The number of likely N-dealkylation sites (N-methyl/N-ethyl adjacent to an activating group) is 1. The molecule has 0 saturated carbocycles. The van der Waals surface area contributed by atoms with Gasteiger partial charge in [-0.3, -0.25) is 0 Å². The predicted molar refractivity (Wildman–Crippen MR) is 72.7 cm³/mol. The third-order valence-corrected chi connectivity index (χ3v) is 2.73. The Bertz CT molecular complexity index is 396. The van der Waals surface area contributed by atoms with Gasteiger partial charge in [0.15, 0.2) is 11.5 Å². The van der Waals surface area contributed by atoms with E-state index in [1.165, 1.54) is 0 Å². The standard InChI is InChI=1S/C13H20ClNO3/c1-8(2)18-13-5-9(11(16)7-15-3)10(14)6-12(13)17-4/h5-6,8,11,15-16H,7H2,1-4H3. The Morgan fingerprint density at radius 1 is 1.33 bits per heavy atom. The lowest BCUT2D eigenvalue weighted by atomic mass is 10.1. The molecule has 0 heterocycles. The zero-order valence-electron chi connectivity index (χ0n) is 11.2. The number of benzene rings is 1. The molecule has 2 N–H and O–H groups in total. The second kappa shape index (κ2) is 6.83. The van der Waals surface area contributed by atoms with Gasteiger partial charge in [-0.05, 0) is 27.0 Å². The fourth-order valence-electron chi connectivity index (χ4n) is 1.62. The highest BCUT2D eigenvalue weighted by atomic mass is 35.5. The van der Waals surface area contributed by atoms with Gasteiger partial charge in [0, 0.05) is 18.2 Å². The topological polar surface area (TPSA) is 50.7 Å². The maximum Gasteiger partial charge on any atom is 0.162 e. The molecule has 0 spiro atoms. The van der Waals surface area contributed by atoms with Crippen molar-refractivity contribution in [2.24, 2.45) is 0 Å². The van der Waals surface area contributed by atoms with Gasteiger partial charge in [-0.1, -0.05) is 11.6 Å². The molecule has 0 aromatic heterocycles. The normalized spacial score (nSPS) is 12.6. The molecule has 0 fully saturated rings. The third kappa shape index (κ3) is 3.77. The molecule has 0 aliphatic carbocycles. The van der Waals surface area contributed by atoms with E-state index in [0.29, 0.717) is 28.6 Å². The van der Waals surface area contributed by atoms with Crippen LogP contribution in [0.2, 0.25) is 5.02 Å². The molecule has 0 amide bonds. The van der Waals surface area contributed by atoms with Crippen LogP contribution < -0.4 is 14.8 Å². The number of methoxy groups -OCH3 is 1. The number of aliphatic hydroxyl groups is 1. The van der Waals surface area contributed by atoms with Crippen LogP contribution >= 0.6 is 11.6 Å². The van der Waals surface area contributed by atoms with Crippen molar-refractivity contribution < 1.29 is 14.6 Å². The minimum atomic E-state index is -0.678. The molecular weight excluding hydrogens is 254 g/mol. The minimum absolute atomic E-state index is 0.0226. The van der Waals surface area contributed by atoms with E-state index >= 15 is 0 Å². The van der Waals surface area contributed by atoms with E-state index in [9.17, 15) is 5.11 Å². The second-order valence-electron chi connectivity index (χ2n) is 4.26. The molecule has 18 heavy (non-hydrogen) atoms. The molecule has 0 radical (unpaired) electrons.